The van der Waals surface area contributed by atoms with Crippen LogP contribution in [0.3, 0.4) is 0 Å². The fourth-order valence-corrected chi connectivity index (χ4v) is 11.3. The van der Waals surface area contributed by atoms with Crippen molar-refractivity contribution < 1.29 is 9.53 Å². The quantitative estimate of drug-likeness (QED) is 0.297. The summed E-state index contributed by atoms with van der Waals surface area (Å²) >= 11 is 0. The van der Waals surface area contributed by atoms with E-state index in [2.05, 4.69) is 41.5 Å². The number of allylic oxidation sites excluding steroid dienone is 4. The average Bonchev–Trinajstić information content (AvgIpc) is 2.96. The normalized spacial score (nSPS) is 54.8. The van der Waals surface area contributed by atoms with Crippen molar-refractivity contribution in [2.24, 2.45) is 51.2 Å². The third-order valence-electron chi connectivity index (χ3n) is 12.9. The van der Waals surface area contributed by atoms with Crippen LogP contribution < -0.4 is 0 Å². The molecule has 1 unspecified atom stereocenters. The van der Waals surface area contributed by atoms with Crippen molar-refractivity contribution in [3.05, 3.63) is 22.3 Å². The maximum Gasteiger partial charge on any atom is 0.313 e. The van der Waals surface area contributed by atoms with E-state index < -0.39 is 0 Å². The second-order valence-electron chi connectivity index (χ2n) is 14.2. The number of rotatable bonds is 0. The highest BCUT2D eigenvalue weighted by molar-refractivity contribution is 5.84. The maximum absolute atomic E-state index is 14.2. The summed E-state index contributed by atoms with van der Waals surface area (Å²) in [7, 11) is 0. The third-order valence-corrected chi connectivity index (χ3v) is 12.9. The van der Waals surface area contributed by atoms with Gasteiger partial charge in [0, 0.05) is 11.3 Å². The van der Waals surface area contributed by atoms with Crippen LogP contribution in [0.4, 0.5) is 0 Å². The summed E-state index contributed by atoms with van der Waals surface area (Å²) in [5.41, 5.74) is 7.32. The van der Waals surface area contributed by atoms with Crippen LogP contribution in [0.2, 0.25) is 0 Å². The van der Waals surface area contributed by atoms with Crippen LogP contribution in [0.25, 0.3) is 0 Å². The van der Waals surface area contributed by atoms with Gasteiger partial charge in [0.15, 0.2) is 0 Å². The van der Waals surface area contributed by atoms with Gasteiger partial charge in [-0.15, -0.1) is 0 Å². The van der Waals surface area contributed by atoms with Gasteiger partial charge in [0.2, 0.25) is 0 Å². The van der Waals surface area contributed by atoms with E-state index in [1.165, 1.54) is 38.5 Å². The van der Waals surface area contributed by atoms with Gasteiger partial charge in [-0.05, 0) is 106 Å². The van der Waals surface area contributed by atoms with Crippen molar-refractivity contribution in [3.8, 4) is 0 Å². The smallest absolute Gasteiger partial charge is 0.313 e. The molecule has 2 nitrogen and oxygen atoms in total. The Bertz CT molecular complexity index is 998. The highest BCUT2D eigenvalue weighted by atomic mass is 16.6. The molecule has 7 aliphatic rings. The molecule has 4 saturated carbocycles. The lowest BCUT2D eigenvalue weighted by atomic mass is 9.46. The molecule has 2 spiro atoms. The van der Waals surface area contributed by atoms with Crippen LogP contribution in [-0.4, -0.2) is 12.1 Å². The second-order valence-corrected chi connectivity index (χ2v) is 14.2. The Morgan fingerprint density at radius 2 is 1.72 bits per heavy atom. The van der Waals surface area contributed by atoms with Crippen molar-refractivity contribution in [2.45, 2.75) is 105 Å². The van der Waals surface area contributed by atoms with Gasteiger partial charge in [-0.3, -0.25) is 4.79 Å². The summed E-state index contributed by atoms with van der Waals surface area (Å²) in [6.45, 7) is 14.8. The van der Waals surface area contributed by atoms with Crippen molar-refractivity contribution in [1.82, 2.24) is 0 Å². The van der Waals surface area contributed by atoms with Crippen molar-refractivity contribution >= 4 is 5.97 Å². The fraction of sp³-hybridized carbons (Fsp3) is 0.833. The molecule has 1 aliphatic heterocycles. The maximum atomic E-state index is 14.2. The molecule has 2 bridgehead atoms. The van der Waals surface area contributed by atoms with Gasteiger partial charge in [-0.2, -0.15) is 0 Å². The third kappa shape index (κ3) is 1.98. The summed E-state index contributed by atoms with van der Waals surface area (Å²) in [4.78, 5) is 14.2. The number of fused-ring (bicyclic) bond motifs is 6. The first-order valence-electron chi connectivity index (χ1n) is 13.7. The molecular weight excluding hydrogens is 392 g/mol. The Hall–Kier alpha value is -1.05. The number of ether oxygens (including phenoxy) is 1. The highest BCUT2D eigenvalue weighted by Gasteiger charge is 2.80. The van der Waals surface area contributed by atoms with Gasteiger partial charge in [-0.1, -0.05) is 50.0 Å². The predicted molar refractivity (Wildman–Crippen MR) is 127 cm³/mol. The largest absolute Gasteiger partial charge is 0.462 e. The van der Waals surface area contributed by atoms with Gasteiger partial charge in [0.25, 0.3) is 0 Å². The number of carbonyl (C=O) groups is 1. The second kappa shape index (κ2) is 5.77. The highest BCUT2D eigenvalue weighted by Crippen LogP contribution is 2.83. The average molecular weight is 435 g/mol. The number of esters is 1. The van der Waals surface area contributed by atoms with E-state index in [1.807, 2.05) is 0 Å². The molecule has 0 aromatic heterocycles. The molecule has 5 fully saturated rings. The predicted octanol–water partition coefficient (Wildman–Crippen LogP) is 7.24. The Morgan fingerprint density at radius 3 is 2.50 bits per heavy atom. The summed E-state index contributed by atoms with van der Waals surface area (Å²) in [6, 6.07) is 0. The molecule has 0 aromatic carbocycles. The van der Waals surface area contributed by atoms with E-state index in [0.717, 1.165) is 25.2 Å². The van der Waals surface area contributed by atoms with Gasteiger partial charge >= 0.3 is 5.97 Å². The van der Waals surface area contributed by atoms with Crippen molar-refractivity contribution in [2.75, 3.05) is 0 Å². The van der Waals surface area contributed by atoms with E-state index in [-0.39, 0.29) is 28.3 Å². The van der Waals surface area contributed by atoms with Crippen LogP contribution in [-0.2, 0) is 9.53 Å². The SMILES string of the molecule is CC1=C2C[C@@H]3[C@H](C[C@]2(C)CCC1)OC(=O)[C@]31C[C@H]2C[C@]13C(=C2C)C1[C@H](CC[C@@H]3C)C1(C)C. The lowest BCUT2D eigenvalue weighted by Crippen LogP contribution is -2.53. The monoisotopic (exact) mass is 434 g/mol. The van der Waals surface area contributed by atoms with Crippen LogP contribution in [0, 0.1) is 51.2 Å². The number of hydrogen-bond acceptors (Lipinski definition) is 2. The molecule has 0 aromatic rings. The fourth-order valence-electron chi connectivity index (χ4n) is 11.3. The van der Waals surface area contributed by atoms with Gasteiger partial charge in [-0.25, -0.2) is 0 Å². The lowest BCUT2D eigenvalue weighted by Gasteiger charge is -2.54. The minimum absolute atomic E-state index is 0.0717. The van der Waals surface area contributed by atoms with Crippen LogP contribution in [0.15, 0.2) is 22.3 Å². The van der Waals surface area contributed by atoms with Crippen molar-refractivity contribution in [3.63, 3.8) is 0 Å². The minimum atomic E-state index is -0.254. The van der Waals surface area contributed by atoms with E-state index in [0.29, 0.717) is 29.1 Å². The molecule has 1 heterocycles. The minimum Gasteiger partial charge on any atom is -0.462 e. The lowest BCUT2D eigenvalue weighted by molar-refractivity contribution is -0.155. The summed E-state index contributed by atoms with van der Waals surface area (Å²) in [5, 5.41) is 0. The van der Waals surface area contributed by atoms with Crippen LogP contribution in [0.5, 0.6) is 0 Å². The topological polar surface area (TPSA) is 26.3 Å². The zero-order valence-electron chi connectivity index (χ0n) is 21.1. The Kier molecular flexibility index (Phi) is 3.67. The number of carbonyl (C=O) groups excluding carboxylic acids is 1. The standard InChI is InChI=1S/C30H42O2/c1-16-8-7-11-28(6)15-23-22(12-21(16)28)30(26(31)32-23)14-19-13-29(30)17(2)9-10-20-25(27(20,4)5)24(29)18(19)3/h17,19-20,22-23,25H,7-15H2,1-6H3/t17-,19+,20-,22+,23-,25?,28-,29-,30-/m0/s1. The Balaban J connectivity index is 1.41. The Morgan fingerprint density at radius 1 is 0.969 bits per heavy atom. The van der Waals surface area contributed by atoms with E-state index in [9.17, 15) is 4.79 Å². The first kappa shape index (κ1) is 20.3. The molecule has 0 N–H and O–H groups in total. The molecule has 32 heavy (non-hydrogen) atoms. The van der Waals surface area contributed by atoms with E-state index in [4.69, 9.17) is 4.74 Å². The van der Waals surface area contributed by atoms with Gasteiger partial charge < -0.3 is 4.74 Å². The molecular formula is C30H42O2. The van der Waals surface area contributed by atoms with Gasteiger partial charge in [0.1, 0.15) is 6.10 Å². The summed E-state index contributed by atoms with van der Waals surface area (Å²) < 4.78 is 6.49. The van der Waals surface area contributed by atoms with Crippen molar-refractivity contribution in [1.29, 1.82) is 0 Å². The molecule has 1 saturated heterocycles. The summed E-state index contributed by atoms with van der Waals surface area (Å²) in [6.07, 6.45) is 11.1. The first-order chi connectivity index (χ1) is 15.1. The molecule has 7 rings (SSSR count). The van der Waals surface area contributed by atoms with E-state index in [1.54, 1.807) is 22.3 Å². The zero-order chi connectivity index (χ0) is 22.4. The number of hydrogen-bond donors (Lipinski definition) is 0. The molecule has 9 atom stereocenters. The molecule has 174 valence electrons. The summed E-state index contributed by atoms with van der Waals surface area (Å²) in [5.74, 6) is 3.38. The molecule has 6 aliphatic carbocycles. The first-order valence-corrected chi connectivity index (χ1v) is 13.7. The van der Waals surface area contributed by atoms with Crippen LogP contribution >= 0.6 is 0 Å². The zero-order valence-corrected chi connectivity index (χ0v) is 21.1. The van der Waals surface area contributed by atoms with E-state index >= 15 is 0 Å². The molecule has 2 heteroatoms. The Labute approximate surface area is 194 Å². The molecule has 0 radical (unpaired) electrons. The molecule has 0 amide bonds. The van der Waals surface area contributed by atoms with Crippen LogP contribution in [0.1, 0.15) is 99.3 Å². The van der Waals surface area contributed by atoms with Gasteiger partial charge in [0.05, 0.1) is 5.41 Å².